The Labute approximate surface area is 122 Å². The summed E-state index contributed by atoms with van der Waals surface area (Å²) in [5.41, 5.74) is 0.998. The van der Waals surface area contributed by atoms with E-state index in [2.05, 4.69) is 15.4 Å². The summed E-state index contributed by atoms with van der Waals surface area (Å²) in [6, 6.07) is 1.75. The summed E-state index contributed by atoms with van der Waals surface area (Å²) < 4.78 is 1.56. The first kappa shape index (κ1) is 15.0. The molecule has 7 nitrogen and oxygen atoms in total. The Balaban J connectivity index is 1.71. The van der Waals surface area contributed by atoms with Crippen LogP contribution in [0, 0.1) is 0 Å². The van der Waals surface area contributed by atoms with Gasteiger partial charge in [-0.15, -0.1) is 0 Å². The van der Waals surface area contributed by atoms with Gasteiger partial charge in [-0.1, -0.05) is 12.8 Å². The van der Waals surface area contributed by atoms with Crippen LogP contribution in [-0.2, 0) is 4.79 Å². The number of aliphatic carboxylic acids is 1. The van der Waals surface area contributed by atoms with Crippen LogP contribution in [0.15, 0.2) is 24.7 Å². The van der Waals surface area contributed by atoms with Crippen molar-refractivity contribution in [1.82, 2.24) is 19.9 Å². The summed E-state index contributed by atoms with van der Waals surface area (Å²) in [6.45, 7) is 0.566. The summed E-state index contributed by atoms with van der Waals surface area (Å²) >= 11 is 0. The van der Waals surface area contributed by atoms with Crippen molar-refractivity contribution in [2.75, 3.05) is 6.54 Å². The molecular formula is C14H18N4O3. The Morgan fingerprint density at radius 3 is 2.86 bits per heavy atom. The molecule has 0 fully saturated rings. The summed E-state index contributed by atoms with van der Waals surface area (Å²) in [6.07, 6.45) is 8.35. The van der Waals surface area contributed by atoms with Gasteiger partial charge in [-0.25, -0.2) is 9.50 Å². The monoisotopic (exact) mass is 290 g/mol. The Morgan fingerprint density at radius 2 is 2.05 bits per heavy atom. The number of nitrogens with zero attached hydrogens (tertiary/aromatic N) is 3. The number of aromatic nitrogens is 3. The van der Waals surface area contributed by atoms with Gasteiger partial charge < -0.3 is 10.4 Å². The molecule has 0 unspecified atom stereocenters. The van der Waals surface area contributed by atoms with Crippen molar-refractivity contribution in [1.29, 1.82) is 0 Å². The minimum atomic E-state index is -0.760. The lowest BCUT2D eigenvalue weighted by atomic mass is 10.1. The quantitative estimate of drug-likeness (QED) is 0.718. The number of carbonyl (C=O) groups is 2. The van der Waals surface area contributed by atoms with Gasteiger partial charge in [0.2, 0.25) is 0 Å². The number of hydrogen-bond donors (Lipinski definition) is 2. The molecule has 0 saturated carbocycles. The molecule has 0 radical (unpaired) electrons. The van der Waals surface area contributed by atoms with Crippen LogP contribution in [0.2, 0.25) is 0 Å². The average Bonchev–Trinajstić information content (AvgIpc) is 2.89. The van der Waals surface area contributed by atoms with Gasteiger partial charge >= 0.3 is 5.97 Å². The van der Waals surface area contributed by atoms with Crippen molar-refractivity contribution in [2.45, 2.75) is 32.1 Å². The van der Waals surface area contributed by atoms with Crippen molar-refractivity contribution in [3.8, 4) is 0 Å². The predicted molar refractivity (Wildman–Crippen MR) is 76.0 cm³/mol. The molecule has 0 aliphatic heterocycles. The Morgan fingerprint density at radius 1 is 1.24 bits per heavy atom. The second kappa shape index (κ2) is 7.37. The van der Waals surface area contributed by atoms with Crippen LogP contribution >= 0.6 is 0 Å². The second-order valence-electron chi connectivity index (χ2n) is 4.76. The van der Waals surface area contributed by atoms with E-state index in [0.717, 1.165) is 19.3 Å². The van der Waals surface area contributed by atoms with Gasteiger partial charge in [0.15, 0.2) is 5.65 Å². The molecule has 0 saturated heterocycles. The maximum Gasteiger partial charge on any atom is 0.303 e. The predicted octanol–water partition coefficient (Wildman–Crippen LogP) is 1.49. The smallest absolute Gasteiger partial charge is 0.303 e. The molecule has 0 atom stereocenters. The SMILES string of the molecule is O=C(O)CCCCCCNC(=O)c1cnn2cccnc12. The van der Waals surface area contributed by atoms with Crippen LogP contribution in [0.3, 0.4) is 0 Å². The topological polar surface area (TPSA) is 96.6 Å². The molecule has 2 aromatic rings. The van der Waals surface area contributed by atoms with Gasteiger partial charge in [-0.3, -0.25) is 9.59 Å². The standard InChI is InChI=1S/C14H18N4O3/c19-12(20)6-3-1-2-4-7-16-14(21)11-10-17-18-9-5-8-15-13(11)18/h5,8-10H,1-4,6-7H2,(H,16,21)(H,19,20). The summed E-state index contributed by atoms with van der Waals surface area (Å²) in [7, 11) is 0. The first-order valence-electron chi connectivity index (χ1n) is 6.97. The van der Waals surface area contributed by atoms with Gasteiger partial charge in [0.1, 0.15) is 5.56 Å². The second-order valence-corrected chi connectivity index (χ2v) is 4.76. The molecule has 21 heavy (non-hydrogen) atoms. The van der Waals surface area contributed by atoms with Crippen molar-refractivity contribution in [2.24, 2.45) is 0 Å². The minimum Gasteiger partial charge on any atom is -0.481 e. The van der Waals surface area contributed by atoms with Gasteiger partial charge in [-0.2, -0.15) is 5.10 Å². The van der Waals surface area contributed by atoms with E-state index in [-0.39, 0.29) is 12.3 Å². The highest BCUT2D eigenvalue weighted by Crippen LogP contribution is 2.07. The molecule has 2 rings (SSSR count). The first-order valence-corrected chi connectivity index (χ1v) is 6.97. The molecule has 0 aliphatic rings. The molecule has 1 amide bonds. The number of amides is 1. The summed E-state index contributed by atoms with van der Waals surface area (Å²) in [5, 5.41) is 15.4. The van der Waals surface area contributed by atoms with E-state index in [4.69, 9.17) is 5.11 Å². The van der Waals surface area contributed by atoms with Gasteiger partial charge in [0.05, 0.1) is 6.20 Å². The van der Waals surface area contributed by atoms with Gasteiger partial charge in [0.25, 0.3) is 5.91 Å². The number of rotatable bonds is 8. The van der Waals surface area contributed by atoms with E-state index in [9.17, 15) is 9.59 Å². The fourth-order valence-electron chi connectivity index (χ4n) is 2.04. The van der Waals surface area contributed by atoms with E-state index >= 15 is 0 Å². The third-order valence-corrected chi connectivity index (χ3v) is 3.13. The highest BCUT2D eigenvalue weighted by molar-refractivity contribution is 5.99. The Hall–Kier alpha value is -2.44. The lowest BCUT2D eigenvalue weighted by molar-refractivity contribution is -0.137. The maximum atomic E-state index is 12.0. The van der Waals surface area contributed by atoms with Crippen molar-refractivity contribution >= 4 is 17.5 Å². The molecule has 112 valence electrons. The molecular weight excluding hydrogens is 272 g/mol. The molecule has 0 bridgehead atoms. The molecule has 0 aromatic carbocycles. The summed E-state index contributed by atoms with van der Waals surface area (Å²) in [5.74, 6) is -0.946. The highest BCUT2D eigenvalue weighted by atomic mass is 16.4. The van der Waals surface area contributed by atoms with Crippen molar-refractivity contribution in [3.05, 3.63) is 30.2 Å². The number of carbonyl (C=O) groups excluding carboxylic acids is 1. The number of nitrogens with one attached hydrogen (secondary N) is 1. The first-order chi connectivity index (χ1) is 10.2. The minimum absolute atomic E-state index is 0.186. The molecule has 0 aliphatic carbocycles. The number of unbranched alkanes of at least 4 members (excludes halogenated alkanes) is 3. The van der Waals surface area contributed by atoms with Crippen molar-refractivity contribution in [3.63, 3.8) is 0 Å². The Bertz CT molecular complexity index is 623. The number of hydrogen-bond acceptors (Lipinski definition) is 4. The summed E-state index contributed by atoms with van der Waals surface area (Å²) in [4.78, 5) is 26.5. The van der Waals surface area contributed by atoms with Gasteiger partial charge in [-0.05, 0) is 18.9 Å². The number of carboxylic acids is 1. The largest absolute Gasteiger partial charge is 0.481 e. The zero-order valence-corrected chi connectivity index (χ0v) is 11.7. The fraction of sp³-hybridized carbons (Fsp3) is 0.429. The normalized spacial score (nSPS) is 10.7. The molecule has 7 heteroatoms. The zero-order chi connectivity index (χ0) is 15.1. The van der Waals surface area contributed by atoms with E-state index in [1.165, 1.54) is 6.20 Å². The molecule has 2 aromatic heterocycles. The van der Waals surface area contributed by atoms with Crippen molar-refractivity contribution < 1.29 is 14.7 Å². The van der Waals surface area contributed by atoms with E-state index in [1.54, 1.807) is 23.0 Å². The molecule has 0 spiro atoms. The zero-order valence-electron chi connectivity index (χ0n) is 11.7. The van der Waals surface area contributed by atoms with Crippen LogP contribution in [-0.4, -0.2) is 38.1 Å². The number of fused-ring (bicyclic) bond motifs is 1. The average molecular weight is 290 g/mol. The van der Waals surface area contributed by atoms with E-state index in [1.807, 2.05) is 0 Å². The Kier molecular flexibility index (Phi) is 5.25. The lowest BCUT2D eigenvalue weighted by Gasteiger charge is -2.03. The van der Waals surface area contributed by atoms with Crippen LogP contribution in [0.25, 0.3) is 5.65 Å². The third kappa shape index (κ3) is 4.27. The van der Waals surface area contributed by atoms with Crippen LogP contribution in [0.1, 0.15) is 42.5 Å². The highest BCUT2D eigenvalue weighted by Gasteiger charge is 2.12. The maximum absolute atomic E-state index is 12.0. The molecule has 2 N–H and O–H groups in total. The number of carboxylic acid groups (broad SMARTS) is 1. The van der Waals surface area contributed by atoms with Gasteiger partial charge in [0, 0.05) is 25.4 Å². The fourth-order valence-corrected chi connectivity index (χ4v) is 2.04. The van der Waals surface area contributed by atoms with E-state index in [0.29, 0.717) is 24.2 Å². The third-order valence-electron chi connectivity index (χ3n) is 3.13. The van der Waals surface area contributed by atoms with Crippen LogP contribution < -0.4 is 5.32 Å². The van der Waals surface area contributed by atoms with Crippen LogP contribution in [0.4, 0.5) is 0 Å². The molecule has 2 heterocycles. The lowest BCUT2D eigenvalue weighted by Crippen LogP contribution is -2.24. The van der Waals surface area contributed by atoms with E-state index < -0.39 is 5.97 Å². The van der Waals surface area contributed by atoms with Crippen LogP contribution in [0.5, 0.6) is 0 Å².